The molecule has 0 fully saturated rings. The summed E-state index contributed by atoms with van der Waals surface area (Å²) in [4.78, 5) is 10.8. The molecule has 14 heavy (non-hydrogen) atoms. The van der Waals surface area contributed by atoms with E-state index >= 15 is 0 Å². The minimum atomic E-state index is -4.04. The first kappa shape index (κ1) is 16.2. The van der Waals surface area contributed by atoms with Crippen LogP contribution in [-0.4, -0.2) is 49.5 Å². The molecule has 1 atom stereocenters. The number of hydrogen-bond acceptors (Lipinski definition) is 3. The van der Waals surface area contributed by atoms with Gasteiger partial charge in [-0.3, -0.25) is 9.35 Å². The van der Waals surface area contributed by atoms with Gasteiger partial charge >= 0.3 is 18.9 Å². The van der Waals surface area contributed by atoms with Crippen molar-refractivity contribution in [3.8, 4) is 0 Å². The summed E-state index contributed by atoms with van der Waals surface area (Å²) in [5.74, 6) is -0.918. The van der Waals surface area contributed by atoms with Crippen LogP contribution in [-0.2, 0) is 14.9 Å². The molecular formula is C7H14LiNO4S. The molecule has 78 valence electrons. The second-order valence-electron chi connectivity index (χ2n) is 2.57. The van der Waals surface area contributed by atoms with Crippen LogP contribution in [0.25, 0.3) is 0 Å². The van der Waals surface area contributed by atoms with Crippen LogP contribution in [0.1, 0.15) is 13.3 Å². The topological polar surface area (TPSA) is 83.5 Å². The van der Waals surface area contributed by atoms with Crippen molar-refractivity contribution in [2.75, 3.05) is 5.75 Å². The molecule has 7 heteroatoms. The van der Waals surface area contributed by atoms with Crippen molar-refractivity contribution < 1.29 is 17.8 Å². The van der Waals surface area contributed by atoms with Crippen LogP contribution in [0.5, 0.6) is 0 Å². The molecule has 2 N–H and O–H groups in total. The maximum atomic E-state index is 10.8. The molecule has 0 bridgehead atoms. The Balaban J connectivity index is 0. The Kier molecular flexibility index (Phi) is 8.16. The molecule has 0 aromatic rings. The molecule has 5 nitrogen and oxygen atoms in total. The summed E-state index contributed by atoms with van der Waals surface area (Å²) in [5, 5.41) is 2.38. The van der Waals surface area contributed by atoms with Gasteiger partial charge in [-0.15, -0.1) is 0 Å². The van der Waals surface area contributed by atoms with Crippen molar-refractivity contribution in [2.24, 2.45) is 0 Å². The molecule has 0 spiro atoms. The zero-order valence-corrected chi connectivity index (χ0v) is 8.17. The third kappa shape index (κ3) is 8.32. The molecular weight excluding hydrogens is 201 g/mol. The molecule has 0 aliphatic carbocycles. The molecule has 0 aromatic carbocycles. The van der Waals surface area contributed by atoms with E-state index in [1.54, 1.807) is 6.92 Å². The standard InChI is InChI=1S/C7H13NO4S.Li.H/c1-3-6(5-13(10,11)12)8-7(9)4-2;;/h4,6H,2-3,5H2,1H3,(H,8,9)(H,10,11,12);;. The molecule has 0 saturated heterocycles. The summed E-state index contributed by atoms with van der Waals surface area (Å²) < 4.78 is 29.4. The van der Waals surface area contributed by atoms with Crippen molar-refractivity contribution in [1.82, 2.24) is 5.32 Å². The van der Waals surface area contributed by atoms with E-state index in [0.29, 0.717) is 6.42 Å². The molecule has 1 unspecified atom stereocenters. The number of carbonyl (C=O) groups is 1. The van der Waals surface area contributed by atoms with Gasteiger partial charge in [0.25, 0.3) is 10.1 Å². The summed E-state index contributed by atoms with van der Waals surface area (Å²) in [6.07, 6.45) is 1.48. The van der Waals surface area contributed by atoms with Crippen molar-refractivity contribution in [3.05, 3.63) is 12.7 Å². The van der Waals surface area contributed by atoms with Gasteiger partial charge in [-0.25, -0.2) is 0 Å². The Morgan fingerprint density at radius 1 is 1.64 bits per heavy atom. The third-order valence-corrected chi connectivity index (χ3v) is 2.26. The Bertz CT molecular complexity index is 288. The van der Waals surface area contributed by atoms with Crippen LogP contribution >= 0.6 is 0 Å². The van der Waals surface area contributed by atoms with Gasteiger partial charge in [0.2, 0.25) is 5.91 Å². The Morgan fingerprint density at radius 3 is 2.43 bits per heavy atom. The van der Waals surface area contributed by atoms with Crippen LogP contribution in [0, 0.1) is 0 Å². The molecule has 1 amide bonds. The van der Waals surface area contributed by atoms with Gasteiger partial charge in [0.05, 0.1) is 5.75 Å². The van der Waals surface area contributed by atoms with Crippen LogP contribution in [0.2, 0.25) is 0 Å². The fourth-order valence-electron chi connectivity index (χ4n) is 0.776. The van der Waals surface area contributed by atoms with Crippen LogP contribution in [0.15, 0.2) is 12.7 Å². The Labute approximate surface area is 95.9 Å². The monoisotopic (exact) mass is 215 g/mol. The van der Waals surface area contributed by atoms with Crippen molar-refractivity contribution in [2.45, 2.75) is 19.4 Å². The first-order valence-electron chi connectivity index (χ1n) is 3.77. The fourth-order valence-corrected chi connectivity index (χ4v) is 1.60. The third-order valence-electron chi connectivity index (χ3n) is 1.44. The minimum absolute atomic E-state index is 0. The van der Waals surface area contributed by atoms with Gasteiger partial charge in [-0.2, -0.15) is 8.42 Å². The van der Waals surface area contributed by atoms with Gasteiger partial charge in [0.1, 0.15) is 0 Å². The second-order valence-corrected chi connectivity index (χ2v) is 4.06. The van der Waals surface area contributed by atoms with Gasteiger partial charge in [-0.1, -0.05) is 13.5 Å². The van der Waals surface area contributed by atoms with E-state index < -0.39 is 27.8 Å². The van der Waals surface area contributed by atoms with Gasteiger partial charge < -0.3 is 5.32 Å². The summed E-state index contributed by atoms with van der Waals surface area (Å²) in [5.41, 5.74) is 0. The van der Waals surface area contributed by atoms with E-state index in [2.05, 4.69) is 11.9 Å². The van der Waals surface area contributed by atoms with Crippen molar-refractivity contribution >= 4 is 34.9 Å². The molecule has 0 heterocycles. The number of rotatable bonds is 5. The normalized spacial score (nSPS) is 12.4. The average Bonchev–Trinajstić information content (AvgIpc) is 2.00. The van der Waals surface area contributed by atoms with E-state index in [0.717, 1.165) is 6.08 Å². The fraction of sp³-hybridized carbons (Fsp3) is 0.571. The zero-order valence-electron chi connectivity index (χ0n) is 7.36. The number of amides is 1. The van der Waals surface area contributed by atoms with E-state index in [1.165, 1.54) is 0 Å². The van der Waals surface area contributed by atoms with Crippen LogP contribution in [0.3, 0.4) is 0 Å². The summed E-state index contributed by atoms with van der Waals surface area (Å²) >= 11 is 0. The Morgan fingerprint density at radius 2 is 2.14 bits per heavy atom. The van der Waals surface area contributed by atoms with E-state index in [9.17, 15) is 13.2 Å². The second kappa shape index (κ2) is 7.07. The predicted molar refractivity (Wildman–Crippen MR) is 56.0 cm³/mol. The number of hydrogen-bond donors (Lipinski definition) is 2. The first-order valence-corrected chi connectivity index (χ1v) is 5.38. The van der Waals surface area contributed by atoms with Crippen molar-refractivity contribution in [3.63, 3.8) is 0 Å². The summed E-state index contributed by atoms with van der Waals surface area (Å²) in [6, 6.07) is -0.569. The van der Waals surface area contributed by atoms with E-state index in [1.807, 2.05) is 0 Å². The van der Waals surface area contributed by atoms with Gasteiger partial charge in [0, 0.05) is 6.04 Å². The molecule has 0 saturated carbocycles. The SMILES string of the molecule is C=CC(=O)NC(CC)CS(=O)(=O)O.[LiH]. The van der Waals surface area contributed by atoms with E-state index in [4.69, 9.17) is 4.55 Å². The molecule has 0 aliphatic heterocycles. The molecule has 0 radical (unpaired) electrons. The quantitative estimate of drug-likeness (QED) is 0.361. The van der Waals surface area contributed by atoms with Crippen molar-refractivity contribution in [1.29, 1.82) is 0 Å². The first-order chi connectivity index (χ1) is 5.89. The Hall–Kier alpha value is -0.283. The molecule has 0 aromatic heterocycles. The van der Waals surface area contributed by atoms with E-state index in [-0.39, 0.29) is 18.9 Å². The molecule has 0 aliphatic rings. The number of nitrogens with one attached hydrogen (secondary N) is 1. The average molecular weight is 215 g/mol. The maximum absolute atomic E-state index is 10.8. The van der Waals surface area contributed by atoms with Crippen LogP contribution in [0.4, 0.5) is 0 Å². The summed E-state index contributed by atoms with van der Waals surface area (Å²) in [7, 11) is -4.04. The summed E-state index contributed by atoms with van der Waals surface area (Å²) in [6.45, 7) is 4.93. The van der Waals surface area contributed by atoms with Gasteiger partial charge in [-0.05, 0) is 12.5 Å². The molecule has 0 rings (SSSR count). The van der Waals surface area contributed by atoms with Crippen LogP contribution < -0.4 is 5.32 Å². The zero-order chi connectivity index (χ0) is 10.5. The number of carbonyl (C=O) groups excluding carboxylic acids is 1. The predicted octanol–water partition coefficient (Wildman–Crippen LogP) is -0.693. The van der Waals surface area contributed by atoms with Gasteiger partial charge in [0.15, 0.2) is 0 Å².